The highest BCUT2D eigenvalue weighted by molar-refractivity contribution is 6.00. The molecule has 9 heteroatoms. The maximum atomic E-state index is 12.6. The topological polar surface area (TPSA) is 71.5 Å². The van der Waals surface area contributed by atoms with Crippen molar-refractivity contribution in [3.8, 4) is 5.88 Å². The van der Waals surface area contributed by atoms with Gasteiger partial charge >= 0.3 is 6.18 Å². The first-order valence-corrected chi connectivity index (χ1v) is 9.58. The summed E-state index contributed by atoms with van der Waals surface area (Å²) in [6.45, 7) is 0.742. The fourth-order valence-electron chi connectivity index (χ4n) is 3.35. The molecule has 2 aromatic rings. The predicted molar refractivity (Wildman–Crippen MR) is 104 cm³/mol. The lowest BCUT2D eigenvalue weighted by molar-refractivity contribution is -0.154. The van der Waals surface area contributed by atoms with Gasteiger partial charge < -0.3 is 15.0 Å². The average molecular weight is 421 g/mol. The predicted octanol–water partition coefficient (Wildman–Crippen LogP) is 3.25. The molecule has 1 aromatic carbocycles. The van der Waals surface area contributed by atoms with Crippen molar-refractivity contribution in [3.05, 3.63) is 53.7 Å². The fourth-order valence-corrected chi connectivity index (χ4v) is 3.35. The Labute approximate surface area is 172 Å². The van der Waals surface area contributed by atoms with Gasteiger partial charge in [0.25, 0.3) is 0 Å². The van der Waals surface area contributed by atoms with Gasteiger partial charge in [-0.3, -0.25) is 9.59 Å². The number of carbonyl (C=O) groups is 2. The zero-order valence-electron chi connectivity index (χ0n) is 16.4. The molecule has 2 amide bonds. The molecule has 1 aromatic heterocycles. The van der Waals surface area contributed by atoms with E-state index in [2.05, 4.69) is 10.3 Å². The molecule has 6 nitrogen and oxygen atoms in total. The first kappa shape index (κ1) is 21.6. The van der Waals surface area contributed by atoms with E-state index in [0.717, 1.165) is 17.7 Å². The van der Waals surface area contributed by atoms with Crippen LogP contribution < -0.4 is 15.0 Å². The number of nitrogens with one attached hydrogen (secondary N) is 1. The third-order valence-corrected chi connectivity index (χ3v) is 4.83. The minimum Gasteiger partial charge on any atom is -0.468 e. The van der Waals surface area contributed by atoms with Crippen LogP contribution in [0.2, 0.25) is 0 Å². The number of pyridine rings is 1. The van der Waals surface area contributed by atoms with Gasteiger partial charge in [-0.15, -0.1) is 0 Å². The molecule has 1 saturated heterocycles. The Hall–Kier alpha value is -3.10. The number of alkyl halides is 3. The summed E-state index contributed by atoms with van der Waals surface area (Å²) in [6, 6.07) is 10.6. The minimum absolute atomic E-state index is 0.0455. The lowest BCUT2D eigenvalue weighted by Crippen LogP contribution is -2.33. The van der Waals surface area contributed by atoms with Crippen LogP contribution in [-0.4, -0.2) is 36.1 Å². The van der Waals surface area contributed by atoms with Gasteiger partial charge in [0.15, 0.2) is 6.61 Å². The number of amides is 2. The number of aromatic nitrogens is 1. The monoisotopic (exact) mass is 421 g/mol. The van der Waals surface area contributed by atoms with E-state index >= 15 is 0 Å². The summed E-state index contributed by atoms with van der Waals surface area (Å²) in [4.78, 5) is 30.5. The van der Waals surface area contributed by atoms with Gasteiger partial charge in [-0.25, -0.2) is 4.98 Å². The van der Waals surface area contributed by atoms with E-state index < -0.39 is 18.7 Å². The van der Waals surface area contributed by atoms with Gasteiger partial charge in [0.2, 0.25) is 17.7 Å². The maximum Gasteiger partial charge on any atom is 0.422 e. The molecule has 0 radical (unpaired) electrons. The highest BCUT2D eigenvalue weighted by Crippen LogP contribution is 2.29. The second kappa shape index (κ2) is 9.15. The molecule has 0 spiro atoms. The second-order valence-corrected chi connectivity index (χ2v) is 6.98. The Balaban J connectivity index is 1.62. The molecule has 1 atom stereocenters. The van der Waals surface area contributed by atoms with E-state index in [1.165, 1.54) is 12.3 Å². The molecule has 30 heavy (non-hydrogen) atoms. The summed E-state index contributed by atoms with van der Waals surface area (Å²) in [6.07, 6.45) is -2.33. The highest BCUT2D eigenvalue weighted by Gasteiger charge is 2.35. The first-order valence-electron chi connectivity index (χ1n) is 9.58. The molecule has 1 aliphatic heterocycles. The zero-order chi connectivity index (χ0) is 21.7. The first-order chi connectivity index (χ1) is 14.3. The molecule has 2 heterocycles. The summed E-state index contributed by atoms with van der Waals surface area (Å²) in [5, 5.41) is 2.68. The van der Waals surface area contributed by atoms with Crippen molar-refractivity contribution in [2.75, 3.05) is 18.1 Å². The molecule has 3 rings (SSSR count). The normalized spacial score (nSPS) is 16.6. The number of carbonyl (C=O) groups excluding carboxylic acids is 2. The number of halogens is 3. The lowest BCUT2D eigenvalue weighted by Gasteiger charge is -2.20. The fraction of sp³-hybridized carbons (Fsp3) is 0.381. The SMILES string of the molecule is CCc1ccccc1N1CC(C(=O)NCc2cccnc2OCC(F)(F)F)CC1=O. The zero-order valence-corrected chi connectivity index (χ0v) is 16.4. The Morgan fingerprint density at radius 1 is 1.23 bits per heavy atom. The van der Waals surface area contributed by atoms with Crippen LogP contribution in [0.5, 0.6) is 5.88 Å². The summed E-state index contributed by atoms with van der Waals surface area (Å²) in [7, 11) is 0. The largest absolute Gasteiger partial charge is 0.468 e. The van der Waals surface area contributed by atoms with Crippen molar-refractivity contribution in [3.63, 3.8) is 0 Å². The molecule has 0 bridgehead atoms. The van der Waals surface area contributed by atoms with Crippen molar-refractivity contribution < 1.29 is 27.5 Å². The van der Waals surface area contributed by atoms with E-state index in [1.807, 2.05) is 31.2 Å². The van der Waals surface area contributed by atoms with E-state index in [9.17, 15) is 22.8 Å². The van der Waals surface area contributed by atoms with Crippen LogP contribution in [0.4, 0.5) is 18.9 Å². The van der Waals surface area contributed by atoms with Crippen LogP contribution in [0, 0.1) is 5.92 Å². The third-order valence-electron chi connectivity index (χ3n) is 4.83. The quantitative estimate of drug-likeness (QED) is 0.745. The van der Waals surface area contributed by atoms with Crippen LogP contribution in [0.15, 0.2) is 42.6 Å². The highest BCUT2D eigenvalue weighted by atomic mass is 19.4. The Bertz CT molecular complexity index is 918. The molecule has 160 valence electrons. The number of nitrogens with zero attached hydrogens (tertiary/aromatic N) is 2. The lowest BCUT2D eigenvalue weighted by atomic mass is 10.1. The maximum absolute atomic E-state index is 12.6. The number of para-hydroxylation sites is 1. The van der Waals surface area contributed by atoms with Gasteiger partial charge in [-0.05, 0) is 24.1 Å². The summed E-state index contributed by atoms with van der Waals surface area (Å²) < 4.78 is 41.9. The van der Waals surface area contributed by atoms with Crippen LogP contribution in [0.25, 0.3) is 0 Å². The van der Waals surface area contributed by atoms with Crippen LogP contribution >= 0.6 is 0 Å². The third kappa shape index (κ3) is 5.28. The van der Waals surface area contributed by atoms with Gasteiger partial charge in [0.1, 0.15) is 0 Å². The van der Waals surface area contributed by atoms with Gasteiger partial charge in [0, 0.05) is 37.0 Å². The smallest absolute Gasteiger partial charge is 0.422 e. The molecule has 0 aliphatic carbocycles. The number of hydrogen-bond donors (Lipinski definition) is 1. The standard InChI is InChI=1S/C21H22F3N3O3/c1-2-14-6-3-4-8-17(14)27-12-16(10-18(27)28)19(29)26-11-15-7-5-9-25-20(15)30-13-21(22,23)24/h3-9,16H,2,10-13H2,1H3,(H,26,29). The average Bonchev–Trinajstić information content (AvgIpc) is 3.12. The molecule has 0 saturated carbocycles. The van der Waals surface area contributed by atoms with Crippen LogP contribution in [-0.2, 0) is 22.6 Å². The Kier molecular flexibility index (Phi) is 6.59. The van der Waals surface area contributed by atoms with Crippen molar-refractivity contribution in [2.45, 2.75) is 32.5 Å². The molecule has 1 N–H and O–H groups in total. The second-order valence-electron chi connectivity index (χ2n) is 6.98. The Morgan fingerprint density at radius 2 is 1.97 bits per heavy atom. The summed E-state index contributed by atoms with van der Waals surface area (Å²) in [5.74, 6) is -1.20. The van der Waals surface area contributed by atoms with Gasteiger partial charge in [-0.1, -0.05) is 31.2 Å². The van der Waals surface area contributed by atoms with Crippen molar-refractivity contribution in [2.24, 2.45) is 5.92 Å². The number of rotatable bonds is 7. The molecule has 1 fully saturated rings. The van der Waals surface area contributed by atoms with E-state index in [4.69, 9.17) is 4.74 Å². The van der Waals surface area contributed by atoms with Crippen molar-refractivity contribution in [1.29, 1.82) is 0 Å². The number of benzene rings is 1. The molecular formula is C21H22F3N3O3. The van der Waals surface area contributed by atoms with E-state index in [1.54, 1.807) is 11.0 Å². The number of anilines is 1. The summed E-state index contributed by atoms with van der Waals surface area (Å²) in [5.41, 5.74) is 2.15. The Morgan fingerprint density at radius 3 is 2.70 bits per heavy atom. The molecular weight excluding hydrogens is 399 g/mol. The van der Waals surface area contributed by atoms with Gasteiger partial charge in [-0.2, -0.15) is 13.2 Å². The van der Waals surface area contributed by atoms with E-state index in [0.29, 0.717) is 5.56 Å². The van der Waals surface area contributed by atoms with E-state index in [-0.39, 0.29) is 37.2 Å². The van der Waals surface area contributed by atoms with Crippen LogP contribution in [0.1, 0.15) is 24.5 Å². The van der Waals surface area contributed by atoms with Crippen molar-refractivity contribution in [1.82, 2.24) is 10.3 Å². The number of hydrogen-bond acceptors (Lipinski definition) is 4. The molecule has 1 unspecified atom stereocenters. The summed E-state index contributed by atoms with van der Waals surface area (Å²) >= 11 is 0. The van der Waals surface area contributed by atoms with Gasteiger partial charge in [0.05, 0.1) is 5.92 Å². The molecule has 1 aliphatic rings. The minimum atomic E-state index is -4.49. The number of ether oxygens (including phenoxy) is 1. The van der Waals surface area contributed by atoms with Crippen LogP contribution in [0.3, 0.4) is 0 Å². The van der Waals surface area contributed by atoms with Crippen molar-refractivity contribution >= 4 is 17.5 Å². The number of aryl methyl sites for hydroxylation is 1.